The molecule has 1 aromatic heterocycles. The van der Waals surface area contributed by atoms with Crippen LogP contribution in [0.25, 0.3) is 0 Å². The van der Waals surface area contributed by atoms with Crippen LogP contribution in [0.5, 0.6) is 0 Å². The molecule has 0 atom stereocenters. The van der Waals surface area contributed by atoms with E-state index in [9.17, 15) is 4.79 Å². The Morgan fingerprint density at radius 2 is 2.20 bits per heavy atom. The molecule has 0 bridgehead atoms. The number of piperidine rings is 1. The summed E-state index contributed by atoms with van der Waals surface area (Å²) in [4.78, 5) is 13.0. The molecule has 0 N–H and O–H groups in total. The van der Waals surface area contributed by atoms with Gasteiger partial charge in [-0.25, -0.2) is 0 Å². The van der Waals surface area contributed by atoms with Gasteiger partial charge >= 0.3 is 0 Å². The lowest BCUT2D eigenvalue weighted by atomic mass is 9.94. The van der Waals surface area contributed by atoms with Gasteiger partial charge in [0.15, 0.2) is 0 Å². The highest BCUT2D eigenvalue weighted by Crippen LogP contribution is 2.33. The Hall–Kier alpha value is -0.770. The van der Waals surface area contributed by atoms with Crippen LogP contribution in [0, 0.1) is 0 Å². The van der Waals surface area contributed by atoms with Crippen LogP contribution < -0.4 is 0 Å². The Kier molecular flexibility index (Phi) is 3.14. The predicted octanol–water partition coefficient (Wildman–Crippen LogP) is 2.77. The summed E-state index contributed by atoms with van der Waals surface area (Å²) in [6.07, 6.45) is 3.69. The van der Waals surface area contributed by atoms with E-state index in [2.05, 4.69) is 15.9 Å². The van der Waals surface area contributed by atoms with E-state index in [-0.39, 0.29) is 5.91 Å². The SMILES string of the molecule is CC(=O)N1CCC(c2occc2Br)CC1. The van der Waals surface area contributed by atoms with Crippen molar-refractivity contribution in [3.8, 4) is 0 Å². The molecular formula is C11H14BrNO2. The van der Waals surface area contributed by atoms with E-state index in [4.69, 9.17) is 4.42 Å². The van der Waals surface area contributed by atoms with Crippen LogP contribution in [-0.2, 0) is 4.79 Å². The van der Waals surface area contributed by atoms with E-state index in [1.807, 2.05) is 11.0 Å². The standard InChI is InChI=1S/C11H14BrNO2/c1-8(14)13-5-2-9(3-6-13)11-10(12)4-7-15-11/h4,7,9H,2-3,5-6H2,1H3. The zero-order chi connectivity index (χ0) is 10.8. The molecule has 0 spiro atoms. The van der Waals surface area contributed by atoms with Crippen molar-refractivity contribution in [1.29, 1.82) is 0 Å². The van der Waals surface area contributed by atoms with Crippen molar-refractivity contribution in [2.24, 2.45) is 0 Å². The molecule has 1 saturated heterocycles. The van der Waals surface area contributed by atoms with E-state index in [0.717, 1.165) is 36.2 Å². The molecule has 0 saturated carbocycles. The Morgan fingerprint density at radius 3 is 2.67 bits per heavy atom. The highest BCUT2D eigenvalue weighted by Gasteiger charge is 2.25. The first kappa shape index (κ1) is 10.7. The maximum atomic E-state index is 11.2. The number of rotatable bonds is 1. The number of hydrogen-bond acceptors (Lipinski definition) is 2. The highest BCUT2D eigenvalue weighted by atomic mass is 79.9. The van der Waals surface area contributed by atoms with Crippen LogP contribution in [0.2, 0.25) is 0 Å². The van der Waals surface area contributed by atoms with E-state index in [0.29, 0.717) is 5.92 Å². The Bertz CT molecular complexity index is 353. The topological polar surface area (TPSA) is 33.5 Å². The third kappa shape index (κ3) is 2.25. The van der Waals surface area contributed by atoms with Gasteiger partial charge in [-0.1, -0.05) is 0 Å². The molecule has 3 nitrogen and oxygen atoms in total. The second kappa shape index (κ2) is 4.39. The van der Waals surface area contributed by atoms with Crippen LogP contribution in [0.15, 0.2) is 21.2 Å². The first-order valence-electron chi connectivity index (χ1n) is 5.17. The van der Waals surface area contributed by atoms with Crippen LogP contribution in [0.1, 0.15) is 31.4 Å². The average molecular weight is 272 g/mol. The molecule has 82 valence electrons. The molecule has 2 heterocycles. The van der Waals surface area contributed by atoms with Crippen molar-refractivity contribution in [1.82, 2.24) is 4.90 Å². The van der Waals surface area contributed by atoms with Crippen molar-refractivity contribution in [3.05, 3.63) is 22.6 Å². The Morgan fingerprint density at radius 1 is 1.53 bits per heavy atom. The minimum Gasteiger partial charge on any atom is -0.468 e. The molecule has 1 aromatic rings. The first-order chi connectivity index (χ1) is 7.18. The lowest BCUT2D eigenvalue weighted by Crippen LogP contribution is -2.36. The molecular weight excluding hydrogens is 258 g/mol. The molecule has 0 unspecified atom stereocenters. The number of amides is 1. The fourth-order valence-corrected chi connectivity index (χ4v) is 2.58. The fraction of sp³-hybridized carbons (Fsp3) is 0.545. The van der Waals surface area contributed by atoms with Crippen LogP contribution >= 0.6 is 15.9 Å². The summed E-state index contributed by atoms with van der Waals surface area (Å²) in [5, 5.41) is 0. The number of halogens is 1. The summed E-state index contributed by atoms with van der Waals surface area (Å²) in [7, 11) is 0. The predicted molar refractivity (Wildman–Crippen MR) is 60.6 cm³/mol. The number of carbonyl (C=O) groups excluding carboxylic acids is 1. The van der Waals surface area contributed by atoms with Gasteiger partial charge in [-0.05, 0) is 34.8 Å². The first-order valence-corrected chi connectivity index (χ1v) is 5.96. The quantitative estimate of drug-likeness (QED) is 0.787. The normalized spacial score (nSPS) is 18.1. The fourth-order valence-electron chi connectivity index (χ4n) is 2.05. The van der Waals surface area contributed by atoms with Gasteiger partial charge in [0.1, 0.15) is 5.76 Å². The molecule has 0 aliphatic carbocycles. The summed E-state index contributed by atoms with van der Waals surface area (Å²) < 4.78 is 6.49. The van der Waals surface area contributed by atoms with Crippen molar-refractivity contribution < 1.29 is 9.21 Å². The third-order valence-corrected chi connectivity index (χ3v) is 3.61. The summed E-state index contributed by atoms with van der Waals surface area (Å²) >= 11 is 3.47. The van der Waals surface area contributed by atoms with Gasteiger partial charge in [0, 0.05) is 25.9 Å². The van der Waals surface area contributed by atoms with E-state index < -0.39 is 0 Å². The summed E-state index contributed by atoms with van der Waals surface area (Å²) in [6, 6.07) is 1.92. The number of likely N-dealkylation sites (tertiary alicyclic amines) is 1. The lowest BCUT2D eigenvalue weighted by Gasteiger charge is -2.30. The van der Waals surface area contributed by atoms with Crippen LogP contribution in [0.3, 0.4) is 0 Å². The second-order valence-corrected chi connectivity index (χ2v) is 4.77. The Labute approximate surface area is 97.6 Å². The molecule has 4 heteroatoms. The van der Waals surface area contributed by atoms with Gasteiger partial charge in [-0.15, -0.1) is 0 Å². The maximum absolute atomic E-state index is 11.2. The number of carbonyl (C=O) groups is 1. The van der Waals surface area contributed by atoms with Crippen molar-refractivity contribution in [2.45, 2.75) is 25.7 Å². The molecule has 1 fully saturated rings. The van der Waals surface area contributed by atoms with E-state index in [1.54, 1.807) is 13.2 Å². The minimum absolute atomic E-state index is 0.173. The number of furan rings is 1. The van der Waals surface area contributed by atoms with E-state index in [1.165, 1.54) is 0 Å². The molecule has 1 aliphatic heterocycles. The summed E-state index contributed by atoms with van der Waals surface area (Å²) in [5.41, 5.74) is 0. The maximum Gasteiger partial charge on any atom is 0.219 e. The lowest BCUT2D eigenvalue weighted by molar-refractivity contribution is -0.129. The van der Waals surface area contributed by atoms with Crippen LogP contribution in [0.4, 0.5) is 0 Å². The third-order valence-electron chi connectivity index (χ3n) is 2.96. The van der Waals surface area contributed by atoms with Crippen molar-refractivity contribution >= 4 is 21.8 Å². The number of nitrogens with zero attached hydrogens (tertiary/aromatic N) is 1. The van der Waals surface area contributed by atoms with Gasteiger partial charge in [0.25, 0.3) is 0 Å². The average Bonchev–Trinajstić information content (AvgIpc) is 2.65. The summed E-state index contributed by atoms with van der Waals surface area (Å²) in [6.45, 7) is 3.31. The minimum atomic E-state index is 0.173. The molecule has 1 aliphatic rings. The molecule has 0 aromatic carbocycles. The highest BCUT2D eigenvalue weighted by molar-refractivity contribution is 9.10. The molecule has 1 amide bonds. The van der Waals surface area contributed by atoms with Gasteiger partial charge in [0.05, 0.1) is 10.7 Å². The summed E-state index contributed by atoms with van der Waals surface area (Å²) in [5.74, 6) is 1.65. The molecule has 0 radical (unpaired) electrons. The van der Waals surface area contributed by atoms with Crippen molar-refractivity contribution in [2.75, 3.05) is 13.1 Å². The number of hydrogen-bond donors (Lipinski definition) is 0. The van der Waals surface area contributed by atoms with Gasteiger partial charge in [0.2, 0.25) is 5.91 Å². The van der Waals surface area contributed by atoms with Crippen molar-refractivity contribution in [3.63, 3.8) is 0 Å². The van der Waals surface area contributed by atoms with E-state index >= 15 is 0 Å². The molecule has 15 heavy (non-hydrogen) atoms. The zero-order valence-electron chi connectivity index (χ0n) is 8.70. The smallest absolute Gasteiger partial charge is 0.219 e. The second-order valence-electron chi connectivity index (χ2n) is 3.91. The molecule has 2 rings (SSSR count). The zero-order valence-corrected chi connectivity index (χ0v) is 10.3. The monoisotopic (exact) mass is 271 g/mol. The van der Waals surface area contributed by atoms with Gasteiger partial charge in [-0.2, -0.15) is 0 Å². The van der Waals surface area contributed by atoms with Gasteiger partial charge < -0.3 is 9.32 Å². The Balaban J connectivity index is 2.00. The largest absolute Gasteiger partial charge is 0.468 e. The van der Waals surface area contributed by atoms with Gasteiger partial charge in [-0.3, -0.25) is 4.79 Å². The van der Waals surface area contributed by atoms with Crippen LogP contribution in [-0.4, -0.2) is 23.9 Å².